The molecule has 5 aliphatic rings. The first kappa shape index (κ1) is 36.4. The molecule has 0 unspecified atom stereocenters. The molecule has 1 saturated heterocycles. The number of benzene rings is 1. The van der Waals surface area contributed by atoms with Gasteiger partial charge in [-0.15, -0.1) is 0 Å². The molecule has 4 amide bonds. The first-order valence-corrected chi connectivity index (χ1v) is 20.4. The van der Waals surface area contributed by atoms with E-state index in [9.17, 15) is 27.6 Å². The molecule has 0 radical (unpaired) electrons. The number of urea groups is 1. The van der Waals surface area contributed by atoms with E-state index in [0.29, 0.717) is 50.7 Å². The van der Waals surface area contributed by atoms with Crippen LogP contribution in [-0.2, 0) is 30.8 Å². The zero-order valence-electron chi connectivity index (χ0n) is 30.6. The van der Waals surface area contributed by atoms with Crippen LogP contribution in [0.5, 0.6) is 5.75 Å². The minimum Gasteiger partial charge on any atom is -0.483 e. The third-order valence-corrected chi connectivity index (χ3v) is 14.1. The molecule has 7 rings (SSSR count). The molecule has 3 fully saturated rings. The average molecular weight is 734 g/mol. The van der Waals surface area contributed by atoms with E-state index in [-0.39, 0.29) is 43.0 Å². The van der Waals surface area contributed by atoms with Gasteiger partial charge in [0.2, 0.25) is 21.8 Å². The summed E-state index contributed by atoms with van der Waals surface area (Å²) in [4.78, 5) is 62.6. The second kappa shape index (κ2) is 13.4. The monoisotopic (exact) mass is 733 g/mol. The fraction of sp³-hybridized carbons (Fsp3) is 0.615. The van der Waals surface area contributed by atoms with Crippen molar-refractivity contribution in [1.82, 2.24) is 25.2 Å². The van der Waals surface area contributed by atoms with Crippen molar-refractivity contribution in [2.75, 3.05) is 6.54 Å². The van der Waals surface area contributed by atoms with Gasteiger partial charge in [-0.25, -0.2) is 18.2 Å². The number of carbonyl (C=O) groups is 4. The maximum atomic E-state index is 14.7. The summed E-state index contributed by atoms with van der Waals surface area (Å²) in [6, 6.07) is 5.52. The molecule has 0 bridgehead atoms. The molecule has 3 aliphatic heterocycles. The largest absolute Gasteiger partial charge is 0.483 e. The number of ketones is 1. The summed E-state index contributed by atoms with van der Waals surface area (Å²) in [5, 5.41) is 6.73. The van der Waals surface area contributed by atoms with Gasteiger partial charge in [0.05, 0.1) is 34.0 Å². The molecular formula is C39H51N5O7S. The van der Waals surface area contributed by atoms with Crippen molar-refractivity contribution in [1.29, 1.82) is 0 Å². The molecule has 13 heteroatoms. The summed E-state index contributed by atoms with van der Waals surface area (Å²) in [6.45, 7) is 7.35. The van der Waals surface area contributed by atoms with Gasteiger partial charge >= 0.3 is 6.03 Å². The highest BCUT2D eigenvalue weighted by Gasteiger charge is 2.63. The van der Waals surface area contributed by atoms with E-state index in [1.165, 1.54) is 0 Å². The van der Waals surface area contributed by atoms with Crippen LogP contribution in [0.15, 0.2) is 36.4 Å². The number of aryl methyl sites for hydroxylation is 2. The molecule has 4 heterocycles. The lowest BCUT2D eigenvalue weighted by atomic mass is 9.85. The number of sulfonamides is 1. The predicted octanol–water partition coefficient (Wildman–Crippen LogP) is 4.77. The molecule has 2 aliphatic carbocycles. The van der Waals surface area contributed by atoms with Gasteiger partial charge in [0.1, 0.15) is 17.4 Å². The van der Waals surface area contributed by atoms with Crippen molar-refractivity contribution in [2.24, 2.45) is 11.3 Å². The Hall–Kier alpha value is -4.00. The Morgan fingerprint density at radius 3 is 2.58 bits per heavy atom. The lowest BCUT2D eigenvalue weighted by Crippen LogP contribution is -2.55. The smallest absolute Gasteiger partial charge is 0.315 e. The third-order valence-electron chi connectivity index (χ3n) is 12.0. The number of amides is 4. The maximum absolute atomic E-state index is 14.7. The van der Waals surface area contributed by atoms with Crippen LogP contribution in [0.2, 0.25) is 0 Å². The number of hydrogen-bond acceptors (Lipinski definition) is 8. The van der Waals surface area contributed by atoms with Crippen LogP contribution in [0.4, 0.5) is 4.79 Å². The minimum absolute atomic E-state index is 0.132. The Bertz CT molecular complexity index is 1940. The Kier molecular flexibility index (Phi) is 9.40. The van der Waals surface area contributed by atoms with Gasteiger partial charge in [0, 0.05) is 29.8 Å². The third kappa shape index (κ3) is 6.80. The van der Waals surface area contributed by atoms with Gasteiger partial charge in [-0.3, -0.25) is 19.1 Å². The van der Waals surface area contributed by atoms with Crippen molar-refractivity contribution < 1.29 is 32.3 Å². The second-order valence-corrected chi connectivity index (χ2v) is 18.6. The maximum Gasteiger partial charge on any atom is 0.315 e. The highest BCUT2D eigenvalue weighted by atomic mass is 32.2. The molecular weight excluding hydrogens is 683 g/mol. The summed E-state index contributed by atoms with van der Waals surface area (Å²) in [6.07, 6.45) is 10.0. The van der Waals surface area contributed by atoms with Crippen molar-refractivity contribution in [3.8, 4) is 5.75 Å². The van der Waals surface area contributed by atoms with Gasteiger partial charge in [-0.1, -0.05) is 43.2 Å². The van der Waals surface area contributed by atoms with E-state index >= 15 is 0 Å². The van der Waals surface area contributed by atoms with Crippen molar-refractivity contribution in [3.63, 3.8) is 0 Å². The lowest BCUT2D eigenvalue weighted by molar-refractivity contribution is -0.140. The number of allylic oxidation sites excluding steroid dienone is 2. The molecule has 1 aromatic heterocycles. The summed E-state index contributed by atoms with van der Waals surface area (Å²) in [5.74, 6) is -0.952. The van der Waals surface area contributed by atoms with Crippen LogP contribution in [-0.4, -0.2) is 76.9 Å². The predicted molar refractivity (Wildman–Crippen MR) is 196 cm³/mol. The first-order chi connectivity index (χ1) is 24.7. The van der Waals surface area contributed by atoms with E-state index in [0.717, 1.165) is 41.4 Å². The van der Waals surface area contributed by atoms with Crippen LogP contribution >= 0.6 is 0 Å². The Morgan fingerprint density at radius 2 is 1.83 bits per heavy atom. The van der Waals surface area contributed by atoms with Gasteiger partial charge < -0.3 is 20.3 Å². The second-order valence-electron chi connectivity index (χ2n) is 16.4. The lowest BCUT2D eigenvalue weighted by Gasteiger charge is -2.36. The Morgan fingerprint density at radius 1 is 1.06 bits per heavy atom. The van der Waals surface area contributed by atoms with Crippen molar-refractivity contribution >= 4 is 44.6 Å². The van der Waals surface area contributed by atoms with E-state index in [4.69, 9.17) is 9.72 Å². The normalized spacial score (nSPS) is 30.6. The summed E-state index contributed by atoms with van der Waals surface area (Å²) in [7, 11) is -3.93. The quantitative estimate of drug-likeness (QED) is 0.370. The molecule has 1 aromatic carbocycles. The Labute approximate surface area is 305 Å². The molecule has 1 spiro atoms. The zero-order valence-corrected chi connectivity index (χ0v) is 31.4. The van der Waals surface area contributed by atoms with Crippen LogP contribution in [0.1, 0.15) is 103 Å². The number of pyridine rings is 1. The minimum atomic E-state index is -3.93. The van der Waals surface area contributed by atoms with E-state index in [2.05, 4.69) is 15.4 Å². The van der Waals surface area contributed by atoms with Crippen LogP contribution < -0.4 is 20.1 Å². The van der Waals surface area contributed by atoms with Crippen molar-refractivity contribution in [2.45, 2.75) is 133 Å². The number of Topliss-reactive ketones (excluding diaryl/α,β-unsaturated/α-hetero) is 1. The van der Waals surface area contributed by atoms with Gasteiger partial charge in [0.15, 0.2) is 5.78 Å². The highest BCUT2D eigenvalue weighted by Crippen LogP contribution is 2.58. The van der Waals surface area contributed by atoms with Gasteiger partial charge in [-0.05, 0) is 91.0 Å². The zero-order chi connectivity index (χ0) is 37.1. The molecule has 52 heavy (non-hydrogen) atoms. The average Bonchev–Trinajstić information content (AvgIpc) is 3.98. The summed E-state index contributed by atoms with van der Waals surface area (Å²) >= 11 is 0. The fourth-order valence-corrected chi connectivity index (χ4v) is 9.78. The number of carbonyl (C=O) groups excluding carboxylic acids is 4. The number of fused-ring (bicyclic) bond motifs is 5. The number of ether oxygens (including phenoxy) is 1. The van der Waals surface area contributed by atoms with E-state index in [1.54, 1.807) is 11.8 Å². The standard InChI is InChI=1S/C39H51N5O7S/c1-24(2)40-36(48)42-30-15-9-7-5-6-8-12-26-20-39(26,35(47)43-52(49,50)37(4)18-19-37)22-32(45)31-21-38(23-44(31)34(30)46)17-16-28-27-13-10-11-14-29(27)41-25(3)33(28)51-38/h8,10-14,24,26,30-31H,5-7,9,15-23H2,1-4H3,(H,43,47)(H2,40,42,48)/b12-8-/t26-,30+,31+,38-,39-/m1/s1. The van der Waals surface area contributed by atoms with Gasteiger partial charge in [0.25, 0.3) is 0 Å². The number of nitrogens with one attached hydrogen (secondary N) is 3. The molecule has 2 aromatic rings. The summed E-state index contributed by atoms with van der Waals surface area (Å²) < 4.78 is 34.6. The molecule has 280 valence electrons. The van der Waals surface area contributed by atoms with Crippen LogP contribution in [0.3, 0.4) is 0 Å². The molecule has 2 saturated carbocycles. The fourth-order valence-electron chi connectivity index (χ4n) is 8.44. The number of rotatable bonds is 5. The number of aromatic nitrogens is 1. The summed E-state index contributed by atoms with van der Waals surface area (Å²) in [5.41, 5.74) is 0.537. The molecule has 3 N–H and O–H groups in total. The highest BCUT2D eigenvalue weighted by molar-refractivity contribution is 7.91. The SMILES string of the molecule is Cc1nc2ccccc2c2c1O[C@]1(CC2)C[C@H]2C(=O)C[C@]3(C(=O)NS(=O)(=O)C4(C)CC4)C[C@H]3/C=C\CCCCC[C@H](NC(=O)NC(C)C)C(=O)N2C1. The number of hydrogen-bond donors (Lipinski definition) is 3. The van der Waals surface area contributed by atoms with E-state index in [1.807, 2.05) is 57.2 Å². The van der Waals surface area contributed by atoms with Gasteiger partial charge in [-0.2, -0.15) is 0 Å². The Balaban J connectivity index is 1.23. The molecule has 12 nitrogen and oxygen atoms in total. The molecule has 5 atom stereocenters. The first-order valence-electron chi connectivity index (χ1n) is 18.9. The number of nitrogens with zero attached hydrogens (tertiary/aromatic N) is 2. The number of para-hydroxylation sites is 1. The van der Waals surface area contributed by atoms with E-state index < -0.39 is 49.8 Å². The van der Waals surface area contributed by atoms with Crippen molar-refractivity contribution in [3.05, 3.63) is 47.7 Å². The van der Waals surface area contributed by atoms with Crippen LogP contribution in [0.25, 0.3) is 10.9 Å². The van der Waals surface area contributed by atoms with Crippen LogP contribution in [0, 0.1) is 18.3 Å². The topological polar surface area (TPSA) is 164 Å².